The number of fused-ring (bicyclic) bond motifs is 1. The fraction of sp³-hybridized carbons (Fsp3) is 0.357. The summed E-state index contributed by atoms with van der Waals surface area (Å²) in [7, 11) is 0. The van der Waals surface area contributed by atoms with Gasteiger partial charge in [0.2, 0.25) is 0 Å². The number of hydrogen-bond donors (Lipinski definition) is 1. The number of aryl methyl sites for hydroxylation is 1. The van der Waals surface area contributed by atoms with Gasteiger partial charge in [0.05, 0.1) is 11.2 Å². The van der Waals surface area contributed by atoms with Crippen LogP contribution in [0.5, 0.6) is 0 Å². The lowest BCUT2D eigenvalue weighted by atomic mass is 10.0. The molecule has 0 saturated carbocycles. The van der Waals surface area contributed by atoms with E-state index < -0.39 is 5.60 Å². The summed E-state index contributed by atoms with van der Waals surface area (Å²) in [5.41, 5.74) is 2.09. The van der Waals surface area contributed by atoms with Crippen LogP contribution in [0.1, 0.15) is 32.0 Å². The minimum atomic E-state index is -0.877. The van der Waals surface area contributed by atoms with E-state index in [0.717, 1.165) is 17.3 Å². The Kier molecular flexibility index (Phi) is 2.68. The van der Waals surface area contributed by atoms with Crippen LogP contribution >= 0.6 is 0 Å². The summed E-state index contributed by atoms with van der Waals surface area (Å²) >= 11 is 0. The molecule has 0 aliphatic heterocycles. The van der Waals surface area contributed by atoms with Crippen LogP contribution < -0.4 is 0 Å². The predicted molar refractivity (Wildman–Crippen MR) is 66.4 cm³/mol. The molecule has 16 heavy (non-hydrogen) atoms. The third-order valence-electron chi connectivity index (χ3n) is 2.79. The Balaban J connectivity index is 2.56. The lowest BCUT2D eigenvalue weighted by molar-refractivity contribution is 0.0742. The summed E-state index contributed by atoms with van der Waals surface area (Å²) in [4.78, 5) is 4.47. The first kappa shape index (κ1) is 11.1. The van der Waals surface area contributed by atoms with E-state index in [1.54, 1.807) is 13.8 Å². The Bertz CT molecular complexity index is 512. The van der Waals surface area contributed by atoms with Gasteiger partial charge in [-0.2, -0.15) is 0 Å². The van der Waals surface area contributed by atoms with Crippen LogP contribution in [0.4, 0.5) is 0 Å². The fourth-order valence-electron chi connectivity index (χ4n) is 1.74. The smallest absolute Gasteiger partial charge is 0.101 e. The molecule has 2 nitrogen and oxygen atoms in total. The summed E-state index contributed by atoms with van der Waals surface area (Å²) in [5.74, 6) is 0. The number of benzene rings is 1. The molecular formula is C14H17NO. The molecule has 0 bridgehead atoms. The van der Waals surface area contributed by atoms with Gasteiger partial charge in [-0.15, -0.1) is 0 Å². The van der Waals surface area contributed by atoms with Crippen LogP contribution in [0.3, 0.4) is 0 Å². The maximum Gasteiger partial charge on any atom is 0.101 e. The van der Waals surface area contributed by atoms with E-state index in [1.807, 2.05) is 18.2 Å². The van der Waals surface area contributed by atoms with Crippen molar-refractivity contribution in [1.82, 2.24) is 4.98 Å². The molecule has 0 aliphatic carbocycles. The maximum atomic E-state index is 9.89. The van der Waals surface area contributed by atoms with Crippen LogP contribution in [0, 0.1) is 0 Å². The maximum absolute atomic E-state index is 9.89. The van der Waals surface area contributed by atoms with Crippen molar-refractivity contribution in [3.8, 4) is 0 Å². The van der Waals surface area contributed by atoms with Crippen LogP contribution in [-0.4, -0.2) is 10.1 Å². The Hall–Kier alpha value is -1.41. The lowest BCUT2D eigenvalue weighted by Crippen LogP contribution is -2.17. The van der Waals surface area contributed by atoms with Gasteiger partial charge in [0.25, 0.3) is 0 Å². The first-order valence-electron chi connectivity index (χ1n) is 5.63. The van der Waals surface area contributed by atoms with Gasteiger partial charge in [-0.05, 0) is 44.0 Å². The zero-order valence-electron chi connectivity index (χ0n) is 9.99. The highest BCUT2D eigenvalue weighted by Gasteiger charge is 2.17. The Morgan fingerprint density at radius 3 is 2.56 bits per heavy atom. The second-order valence-electron chi connectivity index (χ2n) is 4.64. The van der Waals surface area contributed by atoms with E-state index in [1.165, 1.54) is 5.56 Å². The first-order chi connectivity index (χ1) is 7.50. The number of rotatable bonds is 2. The quantitative estimate of drug-likeness (QED) is 0.835. The average molecular weight is 215 g/mol. The van der Waals surface area contributed by atoms with Crippen molar-refractivity contribution in [3.05, 3.63) is 41.6 Å². The molecule has 0 unspecified atom stereocenters. The molecule has 1 aromatic carbocycles. The number of pyridine rings is 1. The highest BCUT2D eigenvalue weighted by atomic mass is 16.3. The standard InChI is InChI=1S/C14H17NO/c1-4-10-5-7-12-11(9-10)6-8-13(15-12)14(2,3)16/h5-9,16H,4H2,1-3H3. The molecule has 0 saturated heterocycles. The Labute approximate surface area is 96.0 Å². The topological polar surface area (TPSA) is 33.1 Å². The molecule has 2 aromatic rings. The minimum absolute atomic E-state index is 0.712. The van der Waals surface area contributed by atoms with E-state index in [9.17, 15) is 5.11 Å². The van der Waals surface area contributed by atoms with Gasteiger partial charge < -0.3 is 5.11 Å². The largest absolute Gasteiger partial charge is 0.384 e. The van der Waals surface area contributed by atoms with Crippen molar-refractivity contribution in [2.24, 2.45) is 0 Å². The monoisotopic (exact) mass is 215 g/mol. The molecule has 0 spiro atoms. The van der Waals surface area contributed by atoms with E-state index in [4.69, 9.17) is 0 Å². The highest BCUT2D eigenvalue weighted by Crippen LogP contribution is 2.21. The normalized spacial score (nSPS) is 12.0. The predicted octanol–water partition coefficient (Wildman–Crippen LogP) is 3.02. The van der Waals surface area contributed by atoms with Crippen molar-refractivity contribution in [2.45, 2.75) is 32.8 Å². The molecular weight excluding hydrogens is 198 g/mol. The van der Waals surface area contributed by atoms with Crippen LogP contribution in [-0.2, 0) is 12.0 Å². The first-order valence-corrected chi connectivity index (χ1v) is 5.63. The van der Waals surface area contributed by atoms with Crippen molar-refractivity contribution in [2.75, 3.05) is 0 Å². The molecule has 1 N–H and O–H groups in total. The molecule has 0 radical (unpaired) electrons. The van der Waals surface area contributed by atoms with E-state index >= 15 is 0 Å². The van der Waals surface area contributed by atoms with Crippen molar-refractivity contribution in [1.29, 1.82) is 0 Å². The third kappa shape index (κ3) is 2.07. The van der Waals surface area contributed by atoms with Crippen molar-refractivity contribution >= 4 is 10.9 Å². The van der Waals surface area contributed by atoms with Gasteiger partial charge in [-0.1, -0.05) is 19.1 Å². The van der Waals surface area contributed by atoms with E-state index in [0.29, 0.717) is 5.69 Å². The molecule has 0 fully saturated rings. The summed E-state index contributed by atoms with van der Waals surface area (Å²) in [6.07, 6.45) is 1.03. The van der Waals surface area contributed by atoms with Crippen molar-refractivity contribution < 1.29 is 5.11 Å². The highest BCUT2D eigenvalue weighted by molar-refractivity contribution is 5.79. The van der Waals surface area contributed by atoms with Crippen LogP contribution in [0.2, 0.25) is 0 Å². The minimum Gasteiger partial charge on any atom is -0.384 e. The lowest BCUT2D eigenvalue weighted by Gasteiger charge is -2.16. The zero-order chi connectivity index (χ0) is 11.8. The summed E-state index contributed by atoms with van der Waals surface area (Å²) in [5, 5.41) is 11.0. The van der Waals surface area contributed by atoms with E-state index in [2.05, 4.69) is 24.0 Å². The molecule has 1 heterocycles. The Morgan fingerprint density at radius 1 is 1.19 bits per heavy atom. The van der Waals surface area contributed by atoms with Gasteiger partial charge in [-0.3, -0.25) is 0 Å². The molecule has 1 aromatic heterocycles. The van der Waals surface area contributed by atoms with Gasteiger partial charge in [-0.25, -0.2) is 4.98 Å². The number of aliphatic hydroxyl groups is 1. The molecule has 84 valence electrons. The second-order valence-corrected chi connectivity index (χ2v) is 4.64. The molecule has 2 rings (SSSR count). The number of aromatic nitrogens is 1. The van der Waals surface area contributed by atoms with E-state index in [-0.39, 0.29) is 0 Å². The van der Waals surface area contributed by atoms with Gasteiger partial charge in [0, 0.05) is 5.39 Å². The third-order valence-corrected chi connectivity index (χ3v) is 2.79. The molecule has 0 amide bonds. The summed E-state index contributed by atoms with van der Waals surface area (Å²) < 4.78 is 0. The summed E-state index contributed by atoms with van der Waals surface area (Å²) in [6, 6.07) is 10.2. The van der Waals surface area contributed by atoms with Crippen LogP contribution in [0.25, 0.3) is 10.9 Å². The van der Waals surface area contributed by atoms with Crippen molar-refractivity contribution in [3.63, 3.8) is 0 Å². The second kappa shape index (κ2) is 3.87. The molecule has 2 heteroatoms. The number of hydrogen-bond acceptors (Lipinski definition) is 2. The zero-order valence-corrected chi connectivity index (χ0v) is 9.99. The average Bonchev–Trinajstić information content (AvgIpc) is 2.26. The van der Waals surface area contributed by atoms with Gasteiger partial charge in [0.1, 0.15) is 5.60 Å². The SMILES string of the molecule is CCc1ccc2nc(C(C)(C)O)ccc2c1. The van der Waals surface area contributed by atoms with Gasteiger partial charge >= 0.3 is 0 Å². The number of nitrogens with zero attached hydrogens (tertiary/aromatic N) is 1. The fourth-order valence-corrected chi connectivity index (χ4v) is 1.74. The van der Waals surface area contributed by atoms with Gasteiger partial charge in [0.15, 0.2) is 0 Å². The molecule has 0 aliphatic rings. The summed E-state index contributed by atoms with van der Waals surface area (Å²) in [6.45, 7) is 5.64. The van der Waals surface area contributed by atoms with Crippen LogP contribution in [0.15, 0.2) is 30.3 Å². The Morgan fingerprint density at radius 2 is 1.94 bits per heavy atom. The molecule has 0 atom stereocenters.